The van der Waals surface area contributed by atoms with Crippen LogP contribution in [0.5, 0.6) is 5.75 Å². The maximum atomic E-state index is 9.69. The number of phenolic OH excluding ortho intramolecular Hbond substituents is 1. The molecule has 0 spiro atoms. The number of aliphatic hydroxyl groups is 1. The van der Waals surface area contributed by atoms with Gasteiger partial charge in [-0.1, -0.05) is 42.5 Å². The van der Waals surface area contributed by atoms with Crippen molar-refractivity contribution >= 4 is 0 Å². The Hall–Kier alpha value is -1.84. The average Bonchev–Trinajstić information content (AvgIpc) is 2.63. The summed E-state index contributed by atoms with van der Waals surface area (Å²) in [6.45, 7) is 0.173. The van der Waals surface area contributed by atoms with Gasteiger partial charge in [0.05, 0.1) is 6.61 Å². The monoisotopic (exact) mass is 325 g/mol. The van der Waals surface area contributed by atoms with Gasteiger partial charge in [0.15, 0.2) is 0 Å². The lowest BCUT2D eigenvalue weighted by atomic mass is 9.81. The van der Waals surface area contributed by atoms with Gasteiger partial charge in [0.1, 0.15) is 5.75 Å². The number of aliphatic hydroxyl groups excluding tert-OH is 1. The van der Waals surface area contributed by atoms with E-state index >= 15 is 0 Å². The van der Waals surface area contributed by atoms with Crippen molar-refractivity contribution < 1.29 is 10.2 Å². The lowest BCUT2D eigenvalue weighted by Crippen LogP contribution is -2.43. The summed E-state index contributed by atoms with van der Waals surface area (Å²) in [4.78, 5) is 0. The molecule has 0 saturated heterocycles. The van der Waals surface area contributed by atoms with E-state index in [1.165, 1.54) is 11.1 Å². The summed E-state index contributed by atoms with van der Waals surface area (Å²) in [5.41, 5.74) is 2.59. The van der Waals surface area contributed by atoms with Gasteiger partial charge in [-0.05, 0) is 61.3 Å². The quantitative estimate of drug-likeness (QED) is 0.760. The molecule has 24 heavy (non-hydrogen) atoms. The number of hydrogen-bond donors (Lipinski definition) is 3. The van der Waals surface area contributed by atoms with Gasteiger partial charge in [0.2, 0.25) is 0 Å². The lowest BCUT2D eigenvalue weighted by molar-refractivity contribution is 0.214. The van der Waals surface area contributed by atoms with Crippen LogP contribution in [0.15, 0.2) is 54.6 Å². The molecule has 0 bridgehead atoms. The Labute approximate surface area is 144 Å². The Balaban J connectivity index is 1.49. The molecular weight excluding hydrogens is 298 g/mol. The van der Waals surface area contributed by atoms with E-state index in [0.717, 1.165) is 32.1 Å². The summed E-state index contributed by atoms with van der Waals surface area (Å²) in [6, 6.07) is 18.6. The van der Waals surface area contributed by atoms with Crippen LogP contribution in [-0.4, -0.2) is 28.9 Å². The van der Waals surface area contributed by atoms with E-state index in [2.05, 4.69) is 17.4 Å². The second-order valence-corrected chi connectivity index (χ2v) is 6.88. The van der Waals surface area contributed by atoms with Gasteiger partial charge in [-0.3, -0.25) is 0 Å². The van der Waals surface area contributed by atoms with E-state index in [1.807, 2.05) is 30.3 Å². The fraction of sp³-hybridized carbons (Fsp3) is 0.429. The van der Waals surface area contributed by atoms with Crippen molar-refractivity contribution in [3.05, 3.63) is 65.7 Å². The molecule has 3 nitrogen and oxygen atoms in total. The third-order valence-corrected chi connectivity index (χ3v) is 5.11. The molecule has 1 aliphatic carbocycles. The van der Waals surface area contributed by atoms with E-state index in [-0.39, 0.29) is 12.6 Å². The van der Waals surface area contributed by atoms with Gasteiger partial charge in [-0.15, -0.1) is 0 Å². The predicted molar refractivity (Wildman–Crippen MR) is 97.3 cm³/mol. The van der Waals surface area contributed by atoms with Crippen molar-refractivity contribution in [2.24, 2.45) is 0 Å². The highest BCUT2D eigenvalue weighted by molar-refractivity contribution is 5.28. The second-order valence-electron chi connectivity index (χ2n) is 6.88. The van der Waals surface area contributed by atoms with Gasteiger partial charge >= 0.3 is 0 Å². The molecule has 0 unspecified atom stereocenters. The Morgan fingerprint density at radius 3 is 2.21 bits per heavy atom. The van der Waals surface area contributed by atoms with Crippen LogP contribution in [-0.2, 0) is 6.42 Å². The first-order chi connectivity index (χ1) is 11.7. The van der Waals surface area contributed by atoms with Crippen molar-refractivity contribution in [1.82, 2.24) is 5.32 Å². The van der Waals surface area contributed by atoms with Crippen molar-refractivity contribution in [3.63, 3.8) is 0 Å². The van der Waals surface area contributed by atoms with E-state index in [1.54, 1.807) is 12.1 Å². The molecule has 2 aromatic rings. The van der Waals surface area contributed by atoms with Crippen LogP contribution in [0.25, 0.3) is 0 Å². The summed E-state index contributed by atoms with van der Waals surface area (Å²) in [5, 5.41) is 22.7. The number of hydrogen-bond acceptors (Lipinski definition) is 3. The number of rotatable bonds is 6. The molecule has 128 valence electrons. The average molecular weight is 325 g/mol. The van der Waals surface area contributed by atoms with Crippen LogP contribution >= 0.6 is 0 Å². The predicted octanol–water partition coefficient (Wildman–Crippen LogP) is 3.61. The molecule has 2 aromatic carbocycles. The minimum absolute atomic E-state index is 0.127. The van der Waals surface area contributed by atoms with Crippen molar-refractivity contribution in [1.29, 1.82) is 0 Å². The van der Waals surface area contributed by atoms with Gasteiger partial charge in [0.25, 0.3) is 0 Å². The van der Waals surface area contributed by atoms with Crippen LogP contribution in [0.3, 0.4) is 0 Å². The lowest BCUT2D eigenvalue weighted by Gasteiger charge is -2.32. The van der Waals surface area contributed by atoms with Crippen molar-refractivity contribution in [2.45, 2.75) is 50.1 Å². The van der Waals surface area contributed by atoms with Gasteiger partial charge in [-0.2, -0.15) is 0 Å². The van der Waals surface area contributed by atoms with E-state index in [0.29, 0.717) is 17.7 Å². The molecule has 3 rings (SSSR count). The zero-order valence-corrected chi connectivity index (χ0v) is 14.1. The Bertz CT molecular complexity index is 603. The Morgan fingerprint density at radius 2 is 1.58 bits per heavy atom. The molecule has 0 aliphatic heterocycles. The maximum absolute atomic E-state index is 9.69. The molecule has 1 saturated carbocycles. The normalized spacial score (nSPS) is 22.2. The topological polar surface area (TPSA) is 52.5 Å². The number of phenols is 1. The number of benzene rings is 2. The molecule has 0 heterocycles. The summed E-state index contributed by atoms with van der Waals surface area (Å²) in [7, 11) is 0. The van der Waals surface area contributed by atoms with Gasteiger partial charge in [-0.25, -0.2) is 0 Å². The van der Waals surface area contributed by atoms with Crippen LogP contribution in [0, 0.1) is 0 Å². The van der Waals surface area contributed by atoms with Crippen LogP contribution in [0.1, 0.15) is 42.7 Å². The fourth-order valence-corrected chi connectivity index (χ4v) is 3.75. The Morgan fingerprint density at radius 1 is 0.917 bits per heavy atom. The van der Waals surface area contributed by atoms with Gasteiger partial charge < -0.3 is 15.5 Å². The highest BCUT2D eigenvalue weighted by Gasteiger charge is 2.24. The third-order valence-electron chi connectivity index (χ3n) is 5.11. The molecule has 0 amide bonds. The first-order valence-electron chi connectivity index (χ1n) is 8.94. The van der Waals surface area contributed by atoms with E-state index in [4.69, 9.17) is 0 Å². The summed E-state index contributed by atoms with van der Waals surface area (Å²) in [5.74, 6) is 0.922. The molecule has 1 atom stereocenters. The maximum Gasteiger partial charge on any atom is 0.115 e. The highest BCUT2D eigenvalue weighted by atomic mass is 16.3. The standard InChI is InChI=1S/C21H27NO2/c23-15-20(14-16-4-2-1-3-5-16)22-19-10-6-17(7-11-19)18-8-12-21(24)13-9-18/h1-5,8-9,12-13,17,19-20,22-24H,6-7,10-11,14-15H2/t17?,19?,20-/m1/s1. The largest absolute Gasteiger partial charge is 0.508 e. The summed E-state index contributed by atoms with van der Waals surface area (Å²) < 4.78 is 0. The summed E-state index contributed by atoms with van der Waals surface area (Å²) >= 11 is 0. The second kappa shape index (κ2) is 8.32. The molecular formula is C21H27NO2. The number of nitrogens with one attached hydrogen (secondary N) is 1. The highest BCUT2D eigenvalue weighted by Crippen LogP contribution is 2.33. The molecule has 1 aliphatic rings. The first-order valence-corrected chi connectivity index (χ1v) is 8.94. The SMILES string of the molecule is OC[C@@H](Cc1ccccc1)NC1CCC(c2ccc(O)cc2)CC1. The van der Waals surface area contributed by atoms with Crippen LogP contribution in [0.2, 0.25) is 0 Å². The molecule has 1 fully saturated rings. The zero-order chi connectivity index (χ0) is 16.8. The first kappa shape index (κ1) is 17.0. The molecule has 0 radical (unpaired) electrons. The third kappa shape index (κ3) is 4.59. The molecule has 0 aromatic heterocycles. The zero-order valence-electron chi connectivity index (χ0n) is 14.1. The minimum atomic E-state index is 0.127. The Kier molecular flexibility index (Phi) is 5.89. The minimum Gasteiger partial charge on any atom is -0.508 e. The summed E-state index contributed by atoms with van der Waals surface area (Å²) in [6.07, 6.45) is 5.46. The van der Waals surface area contributed by atoms with Crippen molar-refractivity contribution in [3.8, 4) is 5.75 Å². The number of aromatic hydroxyl groups is 1. The van der Waals surface area contributed by atoms with Gasteiger partial charge in [0, 0.05) is 12.1 Å². The van der Waals surface area contributed by atoms with Crippen LogP contribution < -0.4 is 5.32 Å². The molecule has 3 N–H and O–H groups in total. The smallest absolute Gasteiger partial charge is 0.115 e. The van der Waals surface area contributed by atoms with Crippen molar-refractivity contribution in [2.75, 3.05) is 6.61 Å². The van der Waals surface area contributed by atoms with E-state index in [9.17, 15) is 10.2 Å². The molecule has 3 heteroatoms. The van der Waals surface area contributed by atoms with E-state index < -0.39 is 0 Å². The van der Waals surface area contributed by atoms with Crippen LogP contribution in [0.4, 0.5) is 0 Å². The fourth-order valence-electron chi connectivity index (χ4n) is 3.75.